The van der Waals surface area contributed by atoms with Crippen LogP contribution < -0.4 is 9.47 Å². The maximum absolute atomic E-state index is 11.4. The van der Waals surface area contributed by atoms with Crippen LogP contribution in [0.1, 0.15) is 43.0 Å². The molecule has 1 aliphatic carbocycles. The van der Waals surface area contributed by atoms with Crippen molar-refractivity contribution >= 4 is 5.78 Å². The Morgan fingerprint density at radius 1 is 1.22 bits per heavy atom. The highest BCUT2D eigenvalue weighted by Gasteiger charge is 2.23. The molecule has 0 atom stereocenters. The molecule has 3 rings (SSSR count). The van der Waals surface area contributed by atoms with E-state index in [1.807, 2.05) is 18.2 Å². The zero-order valence-corrected chi connectivity index (χ0v) is 10.6. The van der Waals surface area contributed by atoms with Crippen LogP contribution in [0.15, 0.2) is 18.2 Å². The number of fused-ring (bicyclic) bond motifs is 1. The van der Waals surface area contributed by atoms with Gasteiger partial charge in [-0.05, 0) is 43.7 Å². The molecule has 0 unspecified atom stereocenters. The summed E-state index contributed by atoms with van der Waals surface area (Å²) in [6.07, 6.45) is 5.04. The van der Waals surface area contributed by atoms with Crippen molar-refractivity contribution in [3.63, 3.8) is 0 Å². The van der Waals surface area contributed by atoms with Gasteiger partial charge < -0.3 is 9.47 Å². The van der Waals surface area contributed by atoms with E-state index < -0.39 is 0 Å². The van der Waals surface area contributed by atoms with E-state index in [9.17, 15) is 4.79 Å². The van der Waals surface area contributed by atoms with Crippen molar-refractivity contribution in [3.05, 3.63) is 23.8 Å². The van der Waals surface area contributed by atoms with E-state index in [1.54, 1.807) is 0 Å². The van der Waals surface area contributed by atoms with E-state index in [2.05, 4.69) is 6.92 Å². The summed E-state index contributed by atoms with van der Waals surface area (Å²) >= 11 is 0. The van der Waals surface area contributed by atoms with E-state index in [1.165, 1.54) is 12.8 Å². The number of Topliss-reactive ketones (excluding diaryl/α,β-unsaturated/α-hetero) is 1. The molecule has 3 nitrogen and oxygen atoms in total. The maximum Gasteiger partial charge on any atom is 0.203 e. The average molecular weight is 246 g/mol. The first-order valence-corrected chi connectivity index (χ1v) is 6.69. The number of rotatable bonds is 2. The second-order valence-corrected chi connectivity index (χ2v) is 5.37. The summed E-state index contributed by atoms with van der Waals surface area (Å²) in [6, 6.07) is 5.53. The average Bonchev–Trinajstić information content (AvgIpc) is 2.74. The number of carbonyl (C=O) groups is 1. The van der Waals surface area contributed by atoms with Gasteiger partial charge in [0.25, 0.3) is 0 Å². The van der Waals surface area contributed by atoms with Crippen molar-refractivity contribution in [1.82, 2.24) is 0 Å². The van der Waals surface area contributed by atoms with Crippen LogP contribution in [0.25, 0.3) is 0 Å². The van der Waals surface area contributed by atoms with Crippen LogP contribution in [-0.4, -0.2) is 18.5 Å². The molecule has 1 fully saturated rings. The number of carbonyl (C=O) groups excluding carboxylic acids is 1. The van der Waals surface area contributed by atoms with E-state index >= 15 is 0 Å². The van der Waals surface area contributed by atoms with Crippen molar-refractivity contribution in [2.45, 2.75) is 38.7 Å². The van der Waals surface area contributed by atoms with Gasteiger partial charge in [0, 0.05) is 6.07 Å². The number of benzene rings is 1. The Hall–Kier alpha value is -1.51. The molecule has 1 saturated carbocycles. The Bertz CT molecular complexity index is 459. The molecule has 0 N–H and O–H groups in total. The third-order valence-corrected chi connectivity index (χ3v) is 3.88. The summed E-state index contributed by atoms with van der Waals surface area (Å²) < 4.78 is 11.3. The van der Waals surface area contributed by atoms with Gasteiger partial charge in [-0.3, -0.25) is 4.79 Å². The van der Waals surface area contributed by atoms with Crippen LogP contribution >= 0.6 is 0 Å². The summed E-state index contributed by atoms with van der Waals surface area (Å²) in [5.41, 5.74) is 0.680. The van der Waals surface area contributed by atoms with Gasteiger partial charge in [-0.1, -0.05) is 6.92 Å². The fraction of sp³-hybridized carbons (Fsp3) is 0.533. The van der Waals surface area contributed by atoms with Crippen LogP contribution in [0, 0.1) is 5.92 Å². The molecular formula is C15H18O3. The molecule has 0 spiro atoms. The zero-order valence-electron chi connectivity index (χ0n) is 10.6. The van der Waals surface area contributed by atoms with Crippen molar-refractivity contribution in [2.24, 2.45) is 5.92 Å². The van der Waals surface area contributed by atoms with Gasteiger partial charge in [-0.2, -0.15) is 0 Å². The topological polar surface area (TPSA) is 35.5 Å². The zero-order chi connectivity index (χ0) is 12.5. The molecule has 1 heterocycles. The van der Waals surface area contributed by atoms with Gasteiger partial charge in [0.05, 0.1) is 11.7 Å². The van der Waals surface area contributed by atoms with E-state index in [0.717, 1.165) is 24.5 Å². The minimum atomic E-state index is 0.0584. The summed E-state index contributed by atoms with van der Waals surface area (Å²) in [5.74, 6) is 2.37. The summed E-state index contributed by atoms with van der Waals surface area (Å²) in [5, 5.41) is 0. The molecule has 2 aliphatic rings. The van der Waals surface area contributed by atoms with E-state index in [4.69, 9.17) is 9.47 Å². The SMILES string of the molecule is CC1CCC(Oc2ccc3c(c2)OCC3=O)CC1. The monoisotopic (exact) mass is 246 g/mol. The highest BCUT2D eigenvalue weighted by Crippen LogP contribution is 2.32. The summed E-state index contributed by atoms with van der Waals surface area (Å²) in [7, 11) is 0. The largest absolute Gasteiger partial charge is 0.490 e. The third kappa shape index (κ3) is 2.22. The maximum atomic E-state index is 11.4. The van der Waals surface area contributed by atoms with Crippen LogP contribution in [0.2, 0.25) is 0 Å². The Kier molecular flexibility index (Phi) is 2.98. The second-order valence-electron chi connectivity index (χ2n) is 5.37. The smallest absolute Gasteiger partial charge is 0.203 e. The number of hydrogen-bond donors (Lipinski definition) is 0. The van der Waals surface area contributed by atoms with Gasteiger partial charge in [0.2, 0.25) is 5.78 Å². The second kappa shape index (κ2) is 4.63. The number of ketones is 1. The molecule has 3 heteroatoms. The first kappa shape index (κ1) is 11.6. The van der Waals surface area contributed by atoms with Crippen LogP contribution in [-0.2, 0) is 0 Å². The molecule has 0 saturated heterocycles. The summed E-state index contributed by atoms with van der Waals surface area (Å²) in [4.78, 5) is 11.4. The normalized spacial score (nSPS) is 26.6. The molecule has 96 valence electrons. The molecule has 1 aromatic carbocycles. The van der Waals surface area contributed by atoms with Crippen molar-refractivity contribution in [2.75, 3.05) is 6.61 Å². The predicted molar refractivity (Wildman–Crippen MR) is 68.3 cm³/mol. The fourth-order valence-electron chi connectivity index (χ4n) is 2.69. The lowest BCUT2D eigenvalue weighted by Gasteiger charge is -2.26. The minimum absolute atomic E-state index is 0.0584. The Morgan fingerprint density at radius 2 is 2.00 bits per heavy atom. The van der Waals surface area contributed by atoms with Gasteiger partial charge in [-0.25, -0.2) is 0 Å². The Labute approximate surface area is 107 Å². The van der Waals surface area contributed by atoms with Crippen LogP contribution in [0.3, 0.4) is 0 Å². The van der Waals surface area contributed by atoms with Gasteiger partial charge in [-0.15, -0.1) is 0 Å². The lowest BCUT2D eigenvalue weighted by atomic mass is 9.89. The third-order valence-electron chi connectivity index (χ3n) is 3.88. The lowest BCUT2D eigenvalue weighted by Crippen LogP contribution is -2.22. The van der Waals surface area contributed by atoms with E-state index in [-0.39, 0.29) is 12.4 Å². The van der Waals surface area contributed by atoms with Crippen molar-refractivity contribution in [1.29, 1.82) is 0 Å². The van der Waals surface area contributed by atoms with E-state index in [0.29, 0.717) is 17.4 Å². The van der Waals surface area contributed by atoms with Gasteiger partial charge in [0.15, 0.2) is 6.61 Å². The molecule has 18 heavy (non-hydrogen) atoms. The van der Waals surface area contributed by atoms with Gasteiger partial charge in [0.1, 0.15) is 11.5 Å². The lowest BCUT2D eigenvalue weighted by molar-refractivity contribution is 0.0961. The standard InChI is InChI=1S/C15H18O3/c1-10-2-4-11(5-3-10)18-12-6-7-13-14(16)9-17-15(13)8-12/h6-8,10-11H,2-5,9H2,1H3. The molecule has 0 bridgehead atoms. The first-order chi connectivity index (χ1) is 8.72. The van der Waals surface area contributed by atoms with Crippen LogP contribution in [0.4, 0.5) is 0 Å². The number of ether oxygens (including phenoxy) is 2. The predicted octanol–water partition coefficient (Wildman–Crippen LogP) is 3.22. The Morgan fingerprint density at radius 3 is 2.78 bits per heavy atom. The highest BCUT2D eigenvalue weighted by molar-refractivity contribution is 6.02. The summed E-state index contributed by atoms with van der Waals surface area (Å²) in [6.45, 7) is 2.46. The molecule has 0 aromatic heterocycles. The number of hydrogen-bond acceptors (Lipinski definition) is 3. The Balaban J connectivity index is 1.69. The highest BCUT2D eigenvalue weighted by atomic mass is 16.5. The fourth-order valence-corrected chi connectivity index (χ4v) is 2.69. The molecule has 0 amide bonds. The van der Waals surface area contributed by atoms with Crippen LogP contribution in [0.5, 0.6) is 11.5 Å². The molecular weight excluding hydrogens is 228 g/mol. The van der Waals surface area contributed by atoms with Gasteiger partial charge >= 0.3 is 0 Å². The minimum Gasteiger partial charge on any atom is -0.490 e. The molecule has 1 aliphatic heterocycles. The quantitative estimate of drug-likeness (QED) is 0.803. The van der Waals surface area contributed by atoms with Crippen molar-refractivity contribution in [3.8, 4) is 11.5 Å². The molecule has 0 radical (unpaired) electrons. The first-order valence-electron chi connectivity index (χ1n) is 6.69. The molecule has 1 aromatic rings. The van der Waals surface area contributed by atoms with Crippen molar-refractivity contribution < 1.29 is 14.3 Å².